The van der Waals surface area contributed by atoms with Crippen LogP contribution in [0.5, 0.6) is 5.75 Å². The third-order valence-electron chi connectivity index (χ3n) is 4.57. The van der Waals surface area contributed by atoms with Gasteiger partial charge in [0, 0.05) is 29.6 Å². The SMILES string of the molecule is C=CC(=O)Cc1ccc(N(c2ccc(C)cc2)c2ccc(OC(=O)C=C)cc2)cc1. The van der Waals surface area contributed by atoms with Gasteiger partial charge in [0.05, 0.1) is 0 Å². The highest BCUT2D eigenvalue weighted by Gasteiger charge is 2.13. The van der Waals surface area contributed by atoms with Gasteiger partial charge in [-0.1, -0.05) is 43.0 Å². The molecule has 0 saturated heterocycles. The van der Waals surface area contributed by atoms with Gasteiger partial charge in [0.25, 0.3) is 0 Å². The summed E-state index contributed by atoms with van der Waals surface area (Å²) < 4.78 is 5.17. The van der Waals surface area contributed by atoms with E-state index >= 15 is 0 Å². The number of carbonyl (C=O) groups is 2. The predicted molar refractivity (Wildman–Crippen MR) is 121 cm³/mol. The molecule has 3 rings (SSSR count). The first kappa shape index (κ1) is 20.8. The van der Waals surface area contributed by atoms with E-state index in [4.69, 9.17) is 4.74 Å². The Hall–Kier alpha value is -3.92. The van der Waals surface area contributed by atoms with Gasteiger partial charge in [-0.3, -0.25) is 4.79 Å². The number of carbonyl (C=O) groups excluding carboxylic acids is 2. The molecule has 150 valence electrons. The van der Waals surface area contributed by atoms with Crippen LogP contribution in [0.25, 0.3) is 0 Å². The summed E-state index contributed by atoms with van der Waals surface area (Å²) in [6.45, 7) is 8.98. The molecular weight excluding hydrogens is 374 g/mol. The molecule has 0 bridgehead atoms. The van der Waals surface area contributed by atoms with Crippen molar-refractivity contribution in [2.75, 3.05) is 4.90 Å². The average molecular weight is 397 g/mol. The van der Waals surface area contributed by atoms with Crippen molar-refractivity contribution in [3.05, 3.63) is 109 Å². The first-order chi connectivity index (χ1) is 14.5. The molecule has 4 nitrogen and oxygen atoms in total. The first-order valence-corrected chi connectivity index (χ1v) is 9.55. The highest BCUT2D eigenvalue weighted by molar-refractivity contribution is 5.91. The lowest BCUT2D eigenvalue weighted by molar-refractivity contribution is -0.129. The van der Waals surface area contributed by atoms with Gasteiger partial charge in [-0.05, 0) is 67.1 Å². The van der Waals surface area contributed by atoms with E-state index in [1.807, 2.05) is 43.3 Å². The second kappa shape index (κ2) is 9.52. The molecule has 3 aromatic rings. The zero-order valence-corrected chi connectivity index (χ0v) is 16.9. The van der Waals surface area contributed by atoms with Crippen molar-refractivity contribution in [2.24, 2.45) is 0 Å². The lowest BCUT2D eigenvalue weighted by atomic mass is 10.1. The van der Waals surface area contributed by atoms with Crippen LogP contribution in [0.3, 0.4) is 0 Å². The van der Waals surface area contributed by atoms with E-state index in [-0.39, 0.29) is 5.78 Å². The van der Waals surface area contributed by atoms with Gasteiger partial charge in [0.15, 0.2) is 5.78 Å². The summed E-state index contributed by atoms with van der Waals surface area (Å²) in [5.74, 6) is -0.0589. The van der Waals surface area contributed by atoms with Crippen LogP contribution in [0.1, 0.15) is 11.1 Å². The van der Waals surface area contributed by atoms with Gasteiger partial charge in [-0.15, -0.1) is 0 Å². The molecule has 0 unspecified atom stereocenters. The van der Waals surface area contributed by atoms with E-state index in [9.17, 15) is 9.59 Å². The van der Waals surface area contributed by atoms with Crippen molar-refractivity contribution in [1.29, 1.82) is 0 Å². The Bertz CT molecular complexity index is 983. The van der Waals surface area contributed by atoms with E-state index in [1.165, 1.54) is 11.6 Å². The second-order valence-corrected chi connectivity index (χ2v) is 6.80. The summed E-state index contributed by atoms with van der Waals surface area (Å²) in [4.78, 5) is 25.2. The number of aryl methyl sites for hydroxylation is 1. The van der Waals surface area contributed by atoms with Gasteiger partial charge in [-0.25, -0.2) is 4.79 Å². The smallest absolute Gasteiger partial charge is 0.335 e. The Morgan fingerprint density at radius 3 is 1.80 bits per heavy atom. The second-order valence-electron chi connectivity index (χ2n) is 6.80. The number of rotatable bonds is 8. The van der Waals surface area contributed by atoms with Gasteiger partial charge in [-0.2, -0.15) is 0 Å². The van der Waals surface area contributed by atoms with Crippen LogP contribution < -0.4 is 9.64 Å². The van der Waals surface area contributed by atoms with Crippen molar-refractivity contribution in [3.63, 3.8) is 0 Å². The third kappa shape index (κ3) is 5.11. The summed E-state index contributed by atoms with van der Waals surface area (Å²) in [5.41, 5.74) is 4.95. The predicted octanol–water partition coefficient (Wildman–Crippen LogP) is 5.85. The number of ether oxygens (including phenoxy) is 1. The molecule has 3 aromatic carbocycles. The molecule has 0 aliphatic heterocycles. The summed E-state index contributed by atoms with van der Waals surface area (Å²) in [6, 6.07) is 23.3. The Morgan fingerprint density at radius 2 is 1.30 bits per heavy atom. The molecule has 0 aromatic heterocycles. The van der Waals surface area contributed by atoms with E-state index in [1.54, 1.807) is 12.1 Å². The molecule has 30 heavy (non-hydrogen) atoms. The lowest BCUT2D eigenvalue weighted by Gasteiger charge is -2.26. The zero-order valence-electron chi connectivity index (χ0n) is 16.9. The van der Waals surface area contributed by atoms with E-state index in [2.05, 4.69) is 42.3 Å². The fourth-order valence-electron chi connectivity index (χ4n) is 3.00. The maximum Gasteiger partial charge on any atom is 0.335 e. The van der Waals surface area contributed by atoms with Crippen LogP contribution in [0.15, 0.2) is 98.1 Å². The minimum atomic E-state index is -0.497. The van der Waals surface area contributed by atoms with E-state index < -0.39 is 5.97 Å². The first-order valence-electron chi connectivity index (χ1n) is 9.55. The van der Waals surface area contributed by atoms with Crippen molar-refractivity contribution in [1.82, 2.24) is 0 Å². The highest BCUT2D eigenvalue weighted by atomic mass is 16.5. The molecule has 4 heteroatoms. The van der Waals surface area contributed by atoms with Gasteiger partial charge in [0.1, 0.15) is 5.75 Å². The quantitative estimate of drug-likeness (QED) is 0.272. The number of ketones is 1. The molecule has 0 spiro atoms. The number of esters is 1. The van der Waals surface area contributed by atoms with Crippen LogP contribution in [0.2, 0.25) is 0 Å². The summed E-state index contributed by atoms with van der Waals surface area (Å²) in [7, 11) is 0. The van der Waals surface area contributed by atoms with E-state index in [0.29, 0.717) is 12.2 Å². The Kier molecular flexibility index (Phi) is 6.60. The molecule has 0 aliphatic rings. The molecule has 0 amide bonds. The summed E-state index contributed by atoms with van der Waals surface area (Å²) in [6.07, 6.45) is 2.80. The normalized spacial score (nSPS) is 10.2. The van der Waals surface area contributed by atoms with Crippen LogP contribution in [0, 0.1) is 6.92 Å². The molecule has 0 heterocycles. The fourth-order valence-corrected chi connectivity index (χ4v) is 3.00. The molecule has 0 aliphatic carbocycles. The molecule has 0 radical (unpaired) electrons. The standard InChI is InChI=1S/C26H23NO3/c1-4-24(28)18-20-8-12-22(13-9-20)27(21-10-6-19(3)7-11-21)23-14-16-25(17-15-23)30-26(29)5-2/h4-17H,1-2,18H2,3H3. The number of hydrogen-bond acceptors (Lipinski definition) is 4. The highest BCUT2D eigenvalue weighted by Crippen LogP contribution is 2.35. The van der Waals surface area contributed by atoms with Gasteiger partial charge >= 0.3 is 5.97 Å². The minimum absolute atomic E-state index is 0.0113. The molecule has 0 atom stereocenters. The monoisotopic (exact) mass is 397 g/mol. The fraction of sp³-hybridized carbons (Fsp3) is 0.0769. The summed E-state index contributed by atoms with van der Waals surface area (Å²) in [5, 5.41) is 0. The number of anilines is 3. The van der Waals surface area contributed by atoms with Crippen LogP contribution >= 0.6 is 0 Å². The summed E-state index contributed by atoms with van der Waals surface area (Å²) >= 11 is 0. The number of hydrogen-bond donors (Lipinski definition) is 0. The van der Waals surface area contributed by atoms with Crippen molar-refractivity contribution in [3.8, 4) is 5.75 Å². The Balaban J connectivity index is 1.96. The van der Waals surface area contributed by atoms with Crippen LogP contribution in [-0.4, -0.2) is 11.8 Å². The van der Waals surface area contributed by atoms with Gasteiger partial charge in [0.2, 0.25) is 0 Å². The Labute approximate surface area is 176 Å². The molecule has 0 saturated carbocycles. The largest absolute Gasteiger partial charge is 0.423 e. The van der Waals surface area contributed by atoms with Gasteiger partial charge < -0.3 is 9.64 Å². The zero-order chi connectivity index (χ0) is 21.5. The lowest BCUT2D eigenvalue weighted by Crippen LogP contribution is -2.10. The maximum absolute atomic E-state index is 11.6. The number of benzene rings is 3. The number of nitrogens with zero attached hydrogens (tertiary/aromatic N) is 1. The topological polar surface area (TPSA) is 46.6 Å². The number of allylic oxidation sites excluding steroid dienone is 1. The van der Waals surface area contributed by atoms with Crippen LogP contribution in [-0.2, 0) is 16.0 Å². The average Bonchev–Trinajstić information content (AvgIpc) is 2.77. The van der Waals surface area contributed by atoms with Crippen molar-refractivity contribution < 1.29 is 14.3 Å². The van der Waals surface area contributed by atoms with Crippen LogP contribution in [0.4, 0.5) is 17.1 Å². The Morgan fingerprint density at radius 1 is 0.800 bits per heavy atom. The molecular formula is C26H23NO3. The minimum Gasteiger partial charge on any atom is -0.423 e. The van der Waals surface area contributed by atoms with E-state index in [0.717, 1.165) is 28.7 Å². The third-order valence-corrected chi connectivity index (χ3v) is 4.57. The van der Waals surface area contributed by atoms with Crippen molar-refractivity contribution >= 4 is 28.8 Å². The van der Waals surface area contributed by atoms with Crippen molar-refractivity contribution in [2.45, 2.75) is 13.3 Å². The molecule has 0 fully saturated rings. The molecule has 0 N–H and O–H groups in total. The maximum atomic E-state index is 11.6.